The fourth-order valence-electron chi connectivity index (χ4n) is 4.45. The lowest BCUT2D eigenvalue weighted by molar-refractivity contribution is 0.296. The molecule has 146 valence electrons. The van der Waals surface area contributed by atoms with Crippen molar-refractivity contribution in [3.05, 3.63) is 34.0 Å². The van der Waals surface area contributed by atoms with Gasteiger partial charge in [-0.05, 0) is 37.1 Å². The van der Waals surface area contributed by atoms with E-state index < -0.39 is 0 Å². The van der Waals surface area contributed by atoms with Gasteiger partial charge < -0.3 is 15.2 Å². The number of nitrogens with zero attached hydrogens (tertiary/aromatic N) is 4. The van der Waals surface area contributed by atoms with E-state index in [9.17, 15) is 0 Å². The van der Waals surface area contributed by atoms with E-state index in [-0.39, 0.29) is 5.41 Å². The average Bonchev–Trinajstić information content (AvgIpc) is 3.40. The van der Waals surface area contributed by atoms with Crippen molar-refractivity contribution in [1.82, 2.24) is 25.4 Å². The fourth-order valence-corrected chi connectivity index (χ4v) is 5.44. The van der Waals surface area contributed by atoms with E-state index in [1.54, 1.807) is 0 Å². The van der Waals surface area contributed by atoms with Gasteiger partial charge in [-0.2, -0.15) is 0 Å². The lowest BCUT2D eigenvalue weighted by Gasteiger charge is -2.37. The van der Waals surface area contributed by atoms with Crippen LogP contribution in [0, 0.1) is 0 Å². The molecule has 0 spiro atoms. The van der Waals surface area contributed by atoms with Crippen molar-refractivity contribution in [2.75, 3.05) is 13.6 Å². The van der Waals surface area contributed by atoms with E-state index >= 15 is 0 Å². The molecule has 7 heteroatoms. The number of rotatable bonds is 5. The Hall–Kier alpha value is -1.89. The Labute approximate surface area is 165 Å². The molecule has 4 rings (SSSR count). The molecule has 2 aromatic heterocycles. The van der Waals surface area contributed by atoms with Gasteiger partial charge in [0, 0.05) is 36.9 Å². The van der Waals surface area contributed by atoms with Crippen LogP contribution in [-0.4, -0.2) is 34.3 Å². The number of hydrogen-bond donors (Lipinski definition) is 2. The summed E-state index contributed by atoms with van der Waals surface area (Å²) in [6.07, 6.45) is 9.99. The summed E-state index contributed by atoms with van der Waals surface area (Å²) in [4.78, 5) is 5.95. The first-order valence-electron chi connectivity index (χ1n) is 10.2. The van der Waals surface area contributed by atoms with Crippen molar-refractivity contribution in [2.24, 2.45) is 4.99 Å². The molecular formula is C20H30N6S. The standard InChI is InChI=1S/C20H30N6S/c1-21-19(22-14-18-25-24-17-9-3-6-12-26(17)18)23-15-20(10-4-2-5-11-20)16-8-7-13-27-16/h7-8,13H,2-6,9-12,14-15H2,1H3,(H2,21,22,23). The molecule has 0 atom stereocenters. The molecule has 0 unspecified atom stereocenters. The van der Waals surface area contributed by atoms with Gasteiger partial charge in [-0.25, -0.2) is 0 Å². The van der Waals surface area contributed by atoms with Gasteiger partial charge >= 0.3 is 0 Å². The predicted molar refractivity (Wildman–Crippen MR) is 110 cm³/mol. The molecule has 3 heterocycles. The predicted octanol–water partition coefficient (Wildman–Crippen LogP) is 3.24. The zero-order chi connectivity index (χ0) is 18.5. The van der Waals surface area contributed by atoms with Crippen LogP contribution in [0.4, 0.5) is 0 Å². The van der Waals surface area contributed by atoms with Gasteiger partial charge in [-0.3, -0.25) is 4.99 Å². The Morgan fingerprint density at radius 2 is 2.07 bits per heavy atom. The number of aryl methyl sites for hydroxylation is 1. The van der Waals surface area contributed by atoms with Gasteiger partial charge in [0.2, 0.25) is 0 Å². The highest BCUT2D eigenvalue weighted by molar-refractivity contribution is 7.10. The van der Waals surface area contributed by atoms with Crippen molar-refractivity contribution >= 4 is 17.3 Å². The van der Waals surface area contributed by atoms with E-state index in [2.05, 4.69) is 47.9 Å². The van der Waals surface area contributed by atoms with Gasteiger partial charge in [-0.1, -0.05) is 25.3 Å². The molecule has 1 fully saturated rings. The summed E-state index contributed by atoms with van der Waals surface area (Å²) in [5.41, 5.74) is 0.248. The van der Waals surface area contributed by atoms with Gasteiger partial charge in [0.15, 0.2) is 11.8 Å². The van der Waals surface area contributed by atoms with Crippen LogP contribution in [-0.2, 0) is 24.9 Å². The van der Waals surface area contributed by atoms with Gasteiger partial charge in [0.05, 0.1) is 6.54 Å². The molecule has 0 saturated heterocycles. The average molecular weight is 387 g/mol. The topological polar surface area (TPSA) is 67.1 Å². The third-order valence-corrected chi connectivity index (χ3v) is 7.14. The molecule has 2 N–H and O–H groups in total. The van der Waals surface area contributed by atoms with Crippen LogP contribution >= 0.6 is 11.3 Å². The second kappa shape index (κ2) is 8.42. The van der Waals surface area contributed by atoms with Crippen LogP contribution in [0.5, 0.6) is 0 Å². The monoisotopic (exact) mass is 386 g/mol. The minimum Gasteiger partial charge on any atom is -0.355 e. The Morgan fingerprint density at radius 3 is 2.85 bits per heavy atom. The third kappa shape index (κ3) is 4.03. The van der Waals surface area contributed by atoms with E-state index in [1.165, 1.54) is 49.8 Å². The quantitative estimate of drug-likeness (QED) is 0.611. The van der Waals surface area contributed by atoms with Crippen LogP contribution in [0.15, 0.2) is 22.5 Å². The Morgan fingerprint density at radius 1 is 1.19 bits per heavy atom. The van der Waals surface area contributed by atoms with Crippen molar-refractivity contribution in [1.29, 1.82) is 0 Å². The SMILES string of the molecule is CN=C(NCc1nnc2n1CCCC2)NCC1(c2cccs2)CCCCC1. The van der Waals surface area contributed by atoms with Gasteiger partial charge in [0.1, 0.15) is 5.82 Å². The molecule has 0 amide bonds. The summed E-state index contributed by atoms with van der Waals surface area (Å²) in [6, 6.07) is 4.48. The zero-order valence-corrected chi connectivity index (χ0v) is 17.0. The molecule has 2 aliphatic rings. The maximum atomic E-state index is 4.44. The first-order valence-corrected chi connectivity index (χ1v) is 11.1. The molecule has 1 aliphatic heterocycles. The van der Waals surface area contributed by atoms with Crippen molar-refractivity contribution in [3.63, 3.8) is 0 Å². The first-order chi connectivity index (χ1) is 13.3. The number of fused-ring (bicyclic) bond motifs is 1. The van der Waals surface area contributed by atoms with E-state index in [0.717, 1.165) is 37.1 Å². The highest BCUT2D eigenvalue weighted by Crippen LogP contribution is 2.41. The first kappa shape index (κ1) is 18.5. The van der Waals surface area contributed by atoms with Crippen LogP contribution in [0.25, 0.3) is 0 Å². The highest BCUT2D eigenvalue weighted by atomic mass is 32.1. The number of aliphatic imine (C=N–C) groups is 1. The smallest absolute Gasteiger partial charge is 0.191 e. The van der Waals surface area contributed by atoms with Crippen LogP contribution < -0.4 is 10.6 Å². The van der Waals surface area contributed by atoms with Gasteiger partial charge in [-0.15, -0.1) is 21.5 Å². The number of aromatic nitrogens is 3. The normalized spacial score (nSPS) is 19.5. The van der Waals surface area contributed by atoms with Crippen LogP contribution in [0.2, 0.25) is 0 Å². The second-order valence-corrected chi connectivity index (χ2v) is 8.69. The second-order valence-electron chi connectivity index (χ2n) is 7.74. The largest absolute Gasteiger partial charge is 0.355 e. The molecule has 27 heavy (non-hydrogen) atoms. The van der Waals surface area contributed by atoms with Crippen LogP contribution in [0.3, 0.4) is 0 Å². The Balaban J connectivity index is 1.38. The third-order valence-electron chi connectivity index (χ3n) is 6.02. The number of hydrogen-bond acceptors (Lipinski definition) is 4. The summed E-state index contributed by atoms with van der Waals surface area (Å²) >= 11 is 1.89. The summed E-state index contributed by atoms with van der Waals surface area (Å²) in [5.74, 6) is 2.99. The molecule has 2 aromatic rings. The Kier molecular flexibility index (Phi) is 5.76. The lowest BCUT2D eigenvalue weighted by atomic mass is 9.73. The van der Waals surface area contributed by atoms with Gasteiger partial charge in [0.25, 0.3) is 0 Å². The van der Waals surface area contributed by atoms with Crippen molar-refractivity contribution in [3.8, 4) is 0 Å². The maximum absolute atomic E-state index is 4.44. The van der Waals surface area contributed by atoms with Crippen molar-refractivity contribution < 1.29 is 0 Å². The van der Waals surface area contributed by atoms with E-state index in [4.69, 9.17) is 0 Å². The molecular weight excluding hydrogens is 356 g/mol. The number of thiophene rings is 1. The maximum Gasteiger partial charge on any atom is 0.191 e. The minimum atomic E-state index is 0.248. The molecule has 0 bridgehead atoms. The number of nitrogens with one attached hydrogen (secondary N) is 2. The summed E-state index contributed by atoms with van der Waals surface area (Å²) < 4.78 is 2.26. The number of guanidine groups is 1. The minimum absolute atomic E-state index is 0.248. The zero-order valence-electron chi connectivity index (χ0n) is 16.2. The molecule has 1 saturated carbocycles. The highest BCUT2D eigenvalue weighted by Gasteiger charge is 2.34. The summed E-state index contributed by atoms with van der Waals surface area (Å²) in [7, 11) is 1.84. The van der Waals surface area contributed by atoms with Crippen molar-refractivity contribution in [2.45, 2.75) is 69.9 Å². The summed E-state index contributed by atoms with van der Waals surface area (Å²) in [6.45, 7) is 2.64. The molecule has 1 aliphatic carbocycles. The molecule has 0 radical (unpaired) electrons. The lowest BCUT2D eigenvalue weighted by Crippen LogP contribution is -2.46. The molecule has 0 aromatic carbocycles. The van der Waals surface area contributed by atoms with Crippen LogP contribution in [0.1, 0.15) is 61.5 Å². The van der Waals surface area contributed by atoms with E-state index in [1.807, 2.05) is 18.4 Å². The van der Waals surface area contributed by atoms with E-state index in [0.29, 0.717) is 6.54 Å². The fraction of sp³-hybridized carbons (Fsp3) is 0.650. The summed E-state index contributed by atoms with van der Waals surface area (Å²) in [5, 5.41) is 18.0. The molecule has 6 nitrogen and oxygen atoms in total. The Bertz CT molecular complexity index is 758.